The maximum atomic E-state index is 14.3. The van der Waals surface area contributed by atoms with E-state index in [1.54, 1.807) is 4.90 Å². The highest BCUT2D eigenvalue weighted by molar-refractivity contribution is 7.80. The Balaban J connectivity index is 1.66. The number of hydrogen-bond donors (Lipinski definition) is 2. The molecular weight excluding hydrogens is 438 g/mol. The Labute approximate surface area is 202 Å². The molecule has 7 rings (SSSR count). The molecule has 1 amide bonds. The van der Waals surface area contributed by atoms with Crippen LogP contribution in [0.4, 0.5) is 5.69 Å². The lowest BCUT2D eigenvalue weighted by Gasteiger charge is -2.42. The van der Waals surface area contributed by atoms with E-state index in [-0.39, 0.29) is 11.8 Å². The van der Waals surface area contributed by atoms with Crippen LogP contribution in [-0.4, -0.2) is 22.9 Å². The van der Waals surface area contributed by atoms with Crippen molar-refractivity contribution in [3.8, 4) is 0 Å². The number of thiocarbonyl (C=S) groups is 1. The van der Waals surface area contributed by atoms with E-state index in [1.807, 2.05) is 37.4 Å². The van der Waals surface area contributed by atoms with Crippen molar-refractivity contribution in [1.82, 2.24) is 10.3 Å². The maximum absolute atomic E-state index is 14.3. The third-order valence-corrected chi connectivity index (χ3v) is 7.78. The van der Waals surface area contributed by atoms with E-state index < -0.39 is 5.54 Å². The quantitative estimate of drug-likeness (QED) is 0.321. The number of carbonyl (C=O) groups is 1. The molecule has 0 radical (unpaired) electrons. The first-order valence-corrected chi connectivity index (χ1v) is 11.8. The molecule has 3 heterocycles. The normalized spacial score (nSPS) is 21.2. The summed E-state index contributed by atoms with van der Waals surface area (Å²) in [5.74, 6) is -0.278. The van der Waals surface area contributed by atoms with Gasteiger partial charge >= 0.3 is 0 Å². The Morgan fingerprint density at radius 3 is 2.44 bits per heavy atom. The van der Waals surface area contributed by atoms with Gasteiger partial charge in [-0.15, -0.1) is 0 Å². The van der Waals surface area contributed by atoms with Gasteiger partial charge in [0.05, 0.1) is 5.69 Å². The van der Waals surface area contributed by atoms with E-state index in [9.17, 15) is 4.79 Å². The van der Waals surface area contributed by atoms with Gasteiger partial charge in [0, 0.05) is 35.1 Å². The number of amides is 1. The molecule has 4 nitrogen and oxygen atoms in total. The van der Waals surface area contributed by atoms with E-state index in [4.69, 9.17) is 12.2 Å². The van der Waals surface area contributed by atoms with Crippen molar-refractivity contribution in [2.24, 2.45) is 0 Å². The molecule has 5 aromatic rings. The van der Waals surface area contributed by atoms with Crippen LogP contribution in [0, 0.1) is 0 Å². The van der Waals surface area contributed by atoms with Gasteiger partial charge in [-0.1, -0.05) is 91.1 Å². The fourth-order valence-corrected chi connectivity index (χ4v) is 6.37. The zero-order chi connectivity index (χ0) is 23.0. The van der Waals surface area contributed by atoms with Crippen LogP contribution in [0.1, 0.15) is 28.3 Å². The maximum Gasteiger partial charge on any atom is 0.258 e. The van der Waals surface area contributed by atoms with E-state index >= 15 is 0 Å². The smallest absolute Gasteiger partial charge is 0.258 e. The first-order valence-electron chi connectivity index (χ1n) is 11.4. The number of benzene rings is 4. The predicted molar refractivity (Wildman–Crippen MR) is 140 cm³/mol. The first-order chi connectivity index (χ1) is 16.6. The summed E-state index contributed by atoms with van der Waals surface area (Å²) >= 11 is 5.92. The van der Waals surface area contributed by atoms with E-state index in [2.05, 4.69) is 71.0 Å². The minimum absolute atomic E-state index is 0.00455. The van der Waals surface area contributed by atoms with Gasteiger partial charge < -0.3 is 15.2 Å². The summed E-state index contributed by atoms with van der Waals surface area (Å²) in [5.41, 5.74) is 4.93. The highest BCUT2D eigenvalue weighted by atomic mass is 32.1. The van der Waals surface area contributed by atoms with E-state index in [1.165, 1.54) is 0 Å². The number of rotatable bonds is 1. The Morgan fingerprint density at radius 1 is 0.853 bits per heavy atom. The Hall–Kier alpha value is -3.96. The number of hydrogen-bond acceptors (Lipinski definition) is 2. The second-order valence-corrected chi connectivity index (χ2v) is 9.51. The molecule has 2 atom stereocenters. The summed E-state index contributed by atoms with van der Waals surface area (Å²) in [4.78, 5) is 20.1. The fraction of sp³-hybridized carbons (Fsp3) is 0.103. The average Bonchev–Trinajstić information content (AvgIpc) is 3.36. The molecule has 2 aliphatic rings. The van der Waals surface area contributed by atoms with Crippen molar-refractivity contribution in [3.05, 3.63) is 113 Å². The number of nitrogens with one attached hydrogen (secondary N) is 2. The number of likely N-dealkylation sites (N-methyl/N-ethyl adjacent to an activating group) is 1. The number of anilines is 1. The molecule has 1 aromatic heterocycles. The van der Waals surface area contributed by atoms with Crippen LogP contribution in [0.3, 0.4) is 0 Å². The topological polar surface area (TPSA) is 48.1 Å². The van der Waals surface area contributed by atoms with Crippen LogP contribution in [0.2, 0.25) is 0 Å². The molecule has 164 valence electrons. The lowest BCUT2D eigenvalue weighted by Crippen LogP contribution is -2.59. The lowest BCUT2D eigenvalue weighted by molar-refractivity contribution is -0.124. The Bertz CT molecular complexity index is 1660. The van der Waals surface area contributed by atoms with Gasteiger partial charge in [-0.25, -0.2) is 0 Å². The van der Waals surface area contributed by atoms with Crippen LogP contribution < -0.4 is 10.2 Å². The van der Waals surface area contributed by atoms with Crippen molar-refractivity contribution in [2.75, 3.05) is 11.9 Å². The van der Waals surface area contributed by atoms with Crippen LogP contribution in [0.5, 0.6) is 0 Å². The van der Waals surface area contributed by atoms with Crippen molar-refractivity contribution in [1.29, 1.82) is 0 Å². The van der Waals surface area contributed by atoms with Gasteiger partial charge in [-0.3, -0.25) is 4.79 Å². The highest BCUT2D eigenvalue weighted by Gasteiger charge is 2.59. The lowest BCUT2D eigenvalue weighted by atomic mass is 9.68. The number of fused-ring (bicyclic) bond motifs is 6. The summed E-state index contributed by atoms with van der Waals surface area (Å²) in [7, 11) is 1.85. The number of para-hydroxylation sites is 2. The molecule has 0 fully saturated rings. The molecule has 5 heteroatoms. The van der Waals surface area contributed by atoms with Gasteiger partial charge in [-0.05, 0) is 34.0 Å². The standard InChI is InChI=1S/C29H21N3OS/c1-32-23-16-7-5-14-21(23)29(28(32)33)25(19-13-8-10-17-9-2-3-11-18(17)19)24-20-12-4-6-15-22(20)30-26(24)27(34)31-29/h2-16,25,30H,1H3,(H,31,34). The van der Waals surface area contributed by atoms with E-state index in [0.717, 1.165) is 49.7 Å². The van der Waals surface area contributed by atoms with Crippen LogP contribution in [-0.2, 0) is 10.3 Å². The van der Waals surface area contributed by atoms with Gasteiger partial charge in [0.25, 0.3) is 5.91 Å². The van der Waals surface area contributed by atoms with Crippen LogP contribution in [0.15, 0.2) is 91.0 Å². The van der Waals surface area contributed by atoms with Crippen molar-refractivity contribution in [2.45, 2.75) is 11.5 Å². The summed E-state index contributed by atoms with van der Waals surface area (Å²) in [6.07, 6.45) is 0. The number of H-pyrrole nitrogens is 1. The van der Waals surface area contributed by atoms with Gasteiger partial charge in [0.15, 0.2) is 5.54 Å². The summed E-state index contributed by atoms with van der Waals surface area (Å²) in [6, 6.07) is 31.1. The minimum Gasteiger partial charge on any atom is -0.356 e. The van der Waals surface area contributed by atoms with Crippen LogP contribution >= 0.6 is 12.2 Å². The second kappa shape index (κ2) is 6.78. The third kappa shape index (κ3) is 2.32. The molecule has 0 bridgehead atoms. The summed E-state index contributed by atoms with van der Waals surface area (Å²) < 4.78 is 0. The summed E-state index contributed by atoms with van der Waals surface area (Å²) in [5, 5.41) is 6.95. The largest absolute Gasteiger partial charge is 0.356 e. The van der Waals surface area contributed by atoms with Gasteiger partial charge in [-0.2, -0.15) is 0 Å². The Kier molecular flexibility index (Phi) is 3.89. The molecule has 0 aliphatic carbocycles. The molecule has 2 unspecified atom stereocenters. The Morgan fingerprint density at radius 2 is 1.56 bits per heavy atom. The SMILES string of the molecule is CN1C(=O)C2(NC(=S)c3[nH]c4ccccc4c3C2c2cccc3ccccc23)c2ccccc21. The van der Waals surface area contributed by atoms with Gasteiger partial charge in [0.2, 0.25) is 0 Å². The number of aromatic nitrogens is 1. The van der Waals surface area contributed by atoms with Crippen LogP contribution in [0.25, 0.3) is 21.7 Å². The van der Waals surface area contributed by atoms with Crippen molar-refractivity contribution >= 4 is 50.5 Å². The molecule has 4 aromatic carbocycles. The monoisotopic (exact) mass is 459 g/mol. The number of carbonyl (C=O) groups excluding carboxylic acids is 1. The number of nitrogens with zero attached hydrogens (tertiary/aromatic N) is 1. The second-order valence-electron chi connectivity index (χ2n) is 9.10. The zero-order valence-electron chi connectivity index (χ0n) is 18.5. The fourth-order valence-electron chi connectivity index (χ4n) is 6.05. The summed E-state index contributed by atoms with van der Waals surface area (Å²) in [6.45, 7) is 0. The molecule has 0 saturated carbocycles. The zero-order valence-corrected chi connectivity index (χ0v) is 19.3. The minimum atomic E-state index is -1.04. The first kappa shape index (κ1) is 19.5. The third-order valence-electron chi connectivity index (χ3n) is 7.47. The van der Waals surface area contributed by atoms with Gasteiger partial charge in [0.1, 0.15) is 4.99 Å². The molecule has 1 spiro atoms. The molecule has 2 aliphatic heterocycles. The van der Waals surface area contributed by atoms with E-state index in [0.29, 0.717) is 4.99 Å². The molecular formula is C29H21N3OS. The highest BCUT2D eigenvalue weighted by Crippen LogP contribution is 2.55. The molecule has 34 heavy (non-hydrogen) atoms. The van der Waals surface area contributed by atoms with Crippen molar-refractivity contribution < 1.29 is 4.79 Å². The average molecular weight is 460 g/mol. The number of aromatic amines is 1. The molecule has 0 saturated heterocycles. The predicted octanol–water partition coefficient (Wildman–Crippen LogP) is 5.60. The van der Waals surface area contributed by atoms with Crippen molar-refractivity contribution in [3.63, 3.8) is 0 Å². The molecule has 2 N–H and O–H groups in total.